The zero-order valence-corrected chi connectivity index (χ0v) is 46.1. The number of nitrogens with one attached hydrogen (secondary N) is 2. The Morgan fingerprint density at radius 2 is 0.940 bits per heavy atom. The predicted molar refractivity (Wildman–Crippen MR) is 317 cm³/mol. The highest BCUT2D eigenvalue weighted by atomic mass is 35.5. The first kappa shape index (κ1) is 56.2. The fraction of sp³-hybridized carbons (Fsp3) is 0.123. The summed E-state index contributed by atoms with van der Waals surface area (Å²) < 4.78 is 19.1. The molecule has 12 aromatic rings. The molecule has 0 saturated heterocycles. The van der Waals surface area contributed by atoms with Crippen LogP contribution in [-0.2, 0) is 0 Å². The first-order chi connectivity index (χ1) is 40.6. The predicted octanol–water partition coefficient (Wildman–Crippen LogP) is 10.2. The van der Waals surface area contributed by atoms with Gasteiger partial charge in [0.2, 0.25) is 0 Å². The fourth-order valence-corrected chi connectivity index (χ4v) is 9.78. The number of hydrogen-bond donors (Lipinski definition) is 5. The first-order valence-corrected chi connectivity index (χ1v) is 26.0. The topological polar surface area (TPSA) is 332 Å². The van der Waals surface area contributed by atoms with Crippen LogP contribution in [0.1, 0.15) is 61.8 Å². The Bertz CT molecular complexity index is 4690. The summed E-state index contributed by atoms with van der Waals surface area (Å²) in [6, 6.07) is 25.3. The molecule has 0 aliphatic heterocycles. The Balaban J connectivity index is 0.000000146. The Hall–Kier alpha value is -11.1. The van der Waals surface area contributed by atoms with Crippen molar-refractivity contribution in [1.82, 2.24) is 59.1 Å². The third-order valence-corrected chi connectivity index (χ3v) is 13.8. The minimum Gasteiger partial charge on any atom is -0.392 e. The largest absolute Gasteiger partial charge is 0.392 e. The van der Waals surface area contributed by atoms with E-state index in [0.29, 0.717) is 77.5 Å². The van der Waals surface area contributed by atoms with E-state index in [2.05, 4.69) is 65.7 Å². The lowest BCUT2D eigenvalue weighted by atomic mass is 9.99. The van der Waals surface area contributed by atoms with Crippen molar-refractivity contribution in [3.05, 3.63) is 222 Å². The number of nitrogen functional groups attached to an aromatic ring is 2. The number of nitrogens with two attached hydrogens (primary N) is 3. The van der Waals surface area contributed by atoms with Gasteiger partial charge in [0.05, 0.1) is 62.8 Å². The maximum atomic E-state index is 14.0. The third kappa shape index (κ3) is 10.9. The van der Waals surface area contributed by atoms with Crippen LogP contribution in [0, 0.1) is 20.1 Å². The second kappa shape index (κ2) is 23.9. The summed E-state index contributed by atoms with van der Waals surface area (Å²) in [5.41, 5.74) is 20.2. The van der Waals surface area contributed by atoms with E-state index in [4.69, 9.17) is 67.1 Å². The molecule has 418 valence electrons. The summed E-state index contributed by atoms with van der Waals surface area (Å²) in [6.45, 7) is 22.0. The Morgan fingerprint density at radius 3 is 1.35 bits per heavy atom. The molecule has 27 heteroatoms. The van der Waals surface area contributed by atoms with Crippen LogP contribution in [0.15, 0.2) is 163 Å². The average Bonchev–Trinajstić information content (AvgIpc) is 1.92. The highest BCUT2D eigenvalue weighted by Crippen LogP contribution is 2.35. The number of nitrogens with zero attached hydrogens (tertiary/aromatic N) is 14. The van der Waals surface area contributed by atoms with E-state index in [1.165, 1.54) is 45.1 Å². The molecular formula is C57H45Cl2N19O6. The number of benzene rings is 3. The van der Waals surface area contributed by atoms with Gasteiger partial charge in [-0.15, -0.1) is 0 Å². The monoisotopic (exact) mass is 1160 g/mol. The molecule has 0 amide bonds. The summed E-state index contributed by atoms with van der Waals surface area (Å²) in [7, 11) is 0. The highest BCUT2D eigenvalue weighted by molar-refractivity contribution is 6.35. The van der Waals surface area contributed by atoms with Crippen molar-refractivity contribution in [3.63, 3.8) is 0 Å². The Labute approximate surface area is 484 Å². The summed E-state index contributed by atoms with van der Waals surface area (Å²) >= 11 is 12.4. The number of aryl methyl sites for hydroxylation is 1. The van der Waals surface area contributed by atoms with Gasteiger partial charge in [-0.3, -0.25) is 28.1 Å². The maximum Gasteiger partial charge on any atom is 0.268 e. The normalized spacial score (nSPS) is 12.1. The molecule has 0 aliphatic carbocycles. The van der Waals surface area contributed by atoms with Gasteiger partial charge < -0.3 is 41.4 Å². The molecule has 0 bridgehead atoms. The molecule has 0 aliphatic rings. The van der Waals surface area contributed by atoms with Crippen molar-refractivity contribution in [2.24, 2.45) is 5.73 Å². The molecule has 84 heavy (non-hydrogen) atoms. The van der Waals surface area contributed by atoms with Crippen molar-refractivity contribution in [1.29, 1.82) is 0 Å². The standard InChI is InChI=1S/C24H19N9O2.C19H14ClN7O2.C14H12ClN3O2/c1-13(31-23-21(26-3)22(25)29-12-30-23)18-9-15-5-4-6-17(16-10-27-14(2)28-11-16)20(15)24(34)33(18)19-7-8-35-32-19;1-10(25-18-16(22-2)17(21)23-9-24-18)13-8-11-4-3-5-12(20)15(11)19(28)27(13)14-6-7-29-26-14;1-8(16)11-7-9-3-2-4-10(15)13(9)14(19)18(11)12-5-6-20-17-12/h4-13H,1-2H3,(H3,25,29,30,31);3-10H,1H3,(H3,21,23,24,25);2-8H,16H2,1H3/t13-;10-;8-/m000/s1. The Kier molecular flexibility index (Phi) is 16.0. The molecule has 0 spiro atoms. The highest BCUT2D eigenvalue weighted by Gasteiger charge is 2.24. The van der Waals surface area contributed by atoms with Gasteiger partial charge in [0.25, 0.3) is 28.1 Å². The van der Waals surface area contributed by atoms with E-state index >= 15 is 0 Å². The quantitative estimate of drug-likeness (QED) is 0.0751. The molecule has 0 unspecified atom stereocenters. The number of halogens is 2. The molecule has 0 saturated carbocycles. The number of hydrogen-bond acceptors (Lipinski definition) is 20. The molecule has 0 radical (unpaired) electrons. The van der Waals surface area contributed by atoms with Gasteiger partial charge in [0.15, 0.2) is 17.5 Å². The average molecular weight is 1160 g/mol. The smallest absolute Gasteiger partial charge is 0.268 e. The van der Waals surface area contributed by atoms with Crippen LogP contribution < -0.4 is 44.5 Å². The number of aromatic nitrogens is 12. The molecule has 3 atom stereocenters. The van der Waals surface area contributed by atoms with Gasteiger partial charge in [-0.25, -0.2) is 39.6 Å². The van der Waals surface area contributed by atoms with Crippen LogP contribution in [0.3, 0.4) is 0 Å². The maximum absolute atomic E-state index is 14.0. The van der Waals surface area contributed by atoms with Gasteiger partial charge in [0.1, 0.15) is 60.5 Å². The van der Waals surface area contributed by atoms with E-state index in [-0.39, 0.29) is 57.4 Å². The van der Waals surface area contributed by atoms with Crippen LogP contribution in [0.5, 0.6) is 0 Å². The number of rotatable bonds is 11. The summed E-state index contributed by atoms with van der Waals surface area (Å²) in [6.07, 6.45) is 10.1. The van der Waals surface area contributed by atoms with Gasteiger partial charge in [-0.1, -0.05) is 81.1 Å². The molecule has 0 fully saturated rings. The summed E-state index contributed by atoms with van der Waals surface area (Å²) in [4.78, 5) is 71.3. The van der Waals surface area contributed by atoms with Gasteiger partial charge >= 0.3 is 0 Å². The lowest BCUT2D eigenvalue weighted by Gasteiger charge is -2.21. The molecule has 25 nitrogen and oxygen atoms in total. The van der Waals surface area contributed by atoms with E-state index in [1.54, 1.807) is 67.8 Å². The van der Waals surface area contributed by atoms with Crippen molar-refractivity contribution in [3.8, 4) is 28.6 Å². The van der Waals surface area contributed by atoms with E-state index in [0.717, 1.165) is 16.3 Å². The van der Waals surface area contributed by atoms with Crippen LogP contribution in [0.4, 0.5) is 34.6 Å². The van der Waals surface area contributed by atoms with Crippen molar-refractivity contribution in [2.45, 2.75) is 45.8 Å². The van der Waals surface area contributed by atoms with Gasteiger partial charge in [0, 0.05) is 47.9 Å². The molecular weight excluding hydrogens is 1120 g/mol. The minimum atomic E-state index is -0.468. The van der Waals surface area contributed by atoms with E-state index in [1.807, 2.05) is 63.2 Å². The SMILES string of the molecule is C[C@H](N)c1cc2cccc(Cl)c2c(=O)n1-c1ccon1.[C-]#[N+]c1c(N)ncnc1N[C@@H](C)c1cc2cccc(-c3cnc(C)nc3)c2c(=O)n1-c1ccon1.[C-]#[N+]c1c(N)ncnc1N[C@@H](C)c1cc2cccc(Cl)c2c(=O)n1-c1ccon1. The number of fused-ring (bicyclic) bond motifs is 3. The second-order valence-corrected chi connectivity index (χ2v) is 19.4. The molecule has 9 heterocycles. The first-order valence-electron chi connectivity index (χ1n) is 25.2. The van der Waals surface area contributed by atoms with Crippen molar-refractivity contribution < 1.29 is 13.6 Å². The molecule has 8 N–H and O–H groups in total. The van der Waals surface area contributed by atoms with Crippen molar-refractivity contribution >= 4 is 90.2 Å². The second-order valence-electron chi connectivity index (χ2n) is 18.6. The number of pyridine rings is 3. The Morgan fingerprint density at radius 1 is 0.548 bits per heavy atom. The third-order valence-electron chi connectivity index (χ3n) is 13.2. The van der Waals surface area contributed by atoms with Crippen LogP contribution in [0.25, 0.3) is 70.6 Å². The lowest BCUT2D eigenvalue weighted by Crippen LogP contribution is -2.26. The lowest BCUT2D eigenvalue weighted by molar-refractivity contribution is 0.415. The van der Waals surface area contributed by atoms with Crippen molar-refractivity contribution in [2.75, 3.05) is 22.1 Å². The molecule has 9 aromatic heterocycles. The van der Waals surface area contributed by atoms with Gasteiger partial charge in [-0.05, 0) is 79.7 Å². The van der Waals surface area contributed by atoms with Gasteiger partial charge in [-0.2, -0.15) is 0 Å². The number of anilines is 4. The van der Waals surface area contributed by atoms with E-state index in [9.17, 15) is 14.4 Å². The zero-order chi connectivity index (χ0) is 59.3. The van der Waals surface area contributed by atoms with Crippen LogP contribution >= 0.6 is 23.2 Å². The fourth-order valence-electron chi connectivity index (χ4n) is 9.25. The van der Waals surface area contributed by atoms with Crippen LogP contribution in [0.2, 0.25) is 10.0 Å². The van der Waals surface area contributed by atoms with Crippen LogP contribution in [-0.4, -0.2) is 59.1 Å². The molecule has 12 rings (SSSR count). The summed E-state index contributed by atoms with van der Waals surface area (Å²) in [5, 5.41) is 22.3. The minimum absolute atomic E-state index is 0.0714. The molecule has 3 aromatic carbocycles. The zero-order valence-electron chi connectivity index (χ0n) is 44.6. The summed E-state index contributed by atoms with van der Waals surface area (Å²) in [5.74, 6) is 2.35. The van der Waals surface area contributed by atoms with E-state index < -0.39 is 12.1 Å².